The average Bonchev–Trinajstić information content (AvgIpc) is 3.84. The fourth-order valence-electron chi connectivity index (χ4n) is 8.00. The van der Waals surface area contributed by atoms with E-state index in [0.717, 1.165) is 57.8 Å². The van der Waals surface area contributed by atoms with E-state index < -0.39 is 41.8 Å². The zero-order valence-electron chi connectivity index (χ0n) is 24.8. The third kappa shape index (κ3) is 7.11. The Balaban J connectivity index is 1.06. The van der Waals surface area contributed by atoms with Crippen LogP contribution >= 0.6 is 45.2 Å². The number of hydrogen-bond donors (Lipinski definition) is 1. The van der Waals surface area contributed by atoms with Crippen LogP contribution in [0.2, 0.25) is 0 Å². The molecule has 3 aliphatic carbocycles. The Morgan fingerprint density at radius 2 is 1.59 bits per heavy atom. The van der Waals surface area contributed by atoms with Crippen molar-refractivity contribution in [1.29, 1.82) is 0 Å². The first kappa shape index (κ1) is 33.7. The highest BCUT2D eigenvalue weighted by Gasteiger charge is 2.59. The van der Waals surface area contributed by atoms with E-state index >= 15 is 0 Å². The fourth-order valence-corrected chi connectivity index (χ4v) is 8.30. The standard InChI is InChI=1S/C31H42I2O11/c1-18(32)27(35)37-14-21(34)12-22-15-40-31(42-22)10-5-6-23(31)20-7-11-30(13-20)39-17-25(44-30)26(41-28(36)19(2)33)24-16-38-29(43-24)8-3-4-9-29/h20,22-26,28,36H,1-17H2. The van der Waals surface area contributed by atoms with E-state index in [2.05, 4.69) is 13.2 Å². The van der Waals surface area contributed by atoms with Crippen LogP contribution in [-0.4, -0.2) is 91.4 Å². The fraction of sp³-hybridized carbons (Fsp3) is 0.806. The molecule has 3 saturated carbocycles. The first-order valence-corrected chi connectivity index (χ1v) is 17.8. The molecule has 6 rings (SSSR count). The molecule has 9 atom stereocenters. The number of Topliss-reactive ketones (excluding diaryl/α,β-unsaturated/α-hetero) is 1. The summed E-state index contributed by atoms with van der Waals surface area (Å²) < 4.78 is 50.3. The Morgan fingerprint density at radius 3 is 2.30 bits per heavy atom. The number of carbonyl (C=O) groups is 2. The van der Waals surface area contributed by atoms with E-state index in [1.807, 2.05) is 22.6 Å². The van der Waals surface area contributed by atoms with Crippen molar-refractivity contribution in [2.45, 2.75) is 119 Å². The van der Waals surface area contributed by atoms with E-state index in [0.29, 0.717) is 29.8 Å². The molecular formula is C31H42I2O11. The highest BCUT2D eigenvalue weighted by Crippen LogP contribution is 2.55. The Bertz CT molecular complexity index is 1130. The van der Waals surface area contributed by atoms with Crippen LogP contribution in [0, 0.1) is 11.8 Å². The molecule has 13 heteroatoms. The molecule has 11 nitrogen and oxygen atoms in total. The molecule has 0 aromatic heterocycles. The van der Waals surface area contributed by atoms with E-state index in [-0.39, 0.29) is 46.4 Å². The van der Waals surface area contributed by atoms with Crippen LogP contribution in [-0.2, 0) is 47.5 Å². The number of rotatable bonds is 11. The molecule has 6 fully saturated rings. The van der Waals surface area contributed by atoms with E-state index in [9.17, 15) is 14.7 Å². The summed E-state index contributed by atoms with van der Waals surface area (Å²) >= 11 is 3.74. The maximum Gasteiger partial charge on any atom is 0.344 e. The number of aliphatic hydroxyl groups is 1. The molecule has 6 aliphatic rings. The molecule has 0 radical (unpaired) electrons. The lowest BCUT2D eigenvalue weighted by atomic mass is 9.85. The van der Waals surface area contributed by atoms with Crippen LogP contribution in [0.25, 0.3) is 0 Å². The molecule has 3 aliphatic heterocycles. The number of ether oxygens (including phenoxy) is 8. The van der Waals surface area contributed by atoms with Crippen molar-refractivity contribution >= 4 is 56.9 Å². The first-order valence-electron chi connectivity index (χ1n) is 15.7. The number of carbonyl (C=O) groups excluding carboxylic acids is 2. The first-order chi connectivity index (χ1) is 21.0. The van der Waals surface area contributed by atoms with Gasteiger partial charge in [-0.1, -0.05) is 13.2 Å². The molecule has 9 unspecified atom stereocenters. The smallest absolute Gasteiger partial charge is 0.344 e. The van der Waals surface area contributed by atoms with Gasteiger partial charge in [-0.3, -0.25) is 4.79 Å². The summed E-state index contributed by atoms with van der Waals surface area (Å²) in [6, 6.07) is 0. The van der Waals surface area contributed by atoms with Gasteiger partial charge in [0.1, 0.15) is 24.9 Å². The summed E-state index contributed by atoms with van der Waals surface area (Å²) in [5.41, 5.74) is 0. The van der Waals surface area contributed by atoms with E-state index in [4.69, 9.17) is 37.9 Å². The van der Waals surface area contributed by atoms with Crippen molar-refractivity contribution in [2.75, 3.05) is 26.4 Å². The molecular weight excluding hydrogens is 802 g/mol. The van der Waals surface area contributed by atoms with E-state index in [1.165, 1.54) is 0 Å². The molecule has 0 aromatic rings. The Morgan fingerprint density at radius 1 is 0.886 bits per heavy atom. The van der Waals surface area contributed by atoms with Crippen molar-refractivity contribution < 1.29 is 52.6 Å². The van der Waals surface area contributed by atoms with Gasteiger partial charge in [0.2, 0.25) is 0 Å². The molecule has 1 N–H and O–H groups in total. The molecule has 3 saturated heterocycles. The molecule has 3 heterocycles. The average molecular weight is 844 g/mol. The zero-order valence-corrected chi connectivity index (χ0v) is 29.2. The van der Waals surface area contributed by atoms with Gasteiger partial charge in [0.05, 0.1) is 29.5 Å². The van der Waals surface area contributed by atoms with Crippen molar-refractivity contribution in [3.8, 4) is 0 Å². The predicted octanol–water partition coefficient (Wildman–Crippen LogP) is 4.60. The number of esters is 1. The molecule has 44 heavy (non-hydrogen) atoms. The second-order valence-corrected chi connectivity index (χ2v) is 15.6. The minimum absolute atomic E-state index is 0.128. The normalized spacial score (nSPS) is 39.0. The van der Waals surface area contributed by atoms with Crippen LogP contribution in [0.5, 0.6) is 0 Å². The third-order valence-corrected chi connectivity index (χ3v) is 10.9. The van der Waals surface area contributed by atoms with Gasteiger partial charge >= 0.3 is 5.97 Å². The van der Waals surface area contributed by atoms with Crippen molar-refractivity contribution in [2.24, 2.45) is 11.8 Å². The molecule has 0 bridgehead atoms. The van der Waals surface area contributed by atoms with Gasteiger partial charge in [-0.05, 0) is 83.2 Å². The minimum Gasteiger partial charge on any atom is -0.454 e. The highest BCUT2D eigenvalue weighted by molar-refractivity contribution is 14.1. The zero-order chi connectivity index (χ0) is 31.1. The maximum absolute atomic E-state index is 12.5. The van der Waals surface area contributed by atoms with Crippen molar-refractivity contribution in [3.63, 3.8) is 0 Å². The summed E-state index contributed by atoms with van der Waals surface area (Å²) in [6.45, 7) is 8.09. The largest absolute Gasteiger partial charge is 0.454 e. The lowest BCUT2D eigenvalue weighted by Crippen LogP contribution is -2.46. The van der Waals surface area contributed by atoms with Crippen molar-refractivity contribution in [3.05, 3.63) is 20.3 Å². The third-order valence-electron chi connectivity index (χ3n) is 9.97. The summed E-state index contributed by atoms with van der Waals surface area (Å²) in [4.78, 5) is 24.1. The minimum atomic E-state index is -1.16. The topological polar surface area (TPSA) is 128 Å². The molecule has 246 valence electrons. The summed E-state index contributed by atoms with van der Waals surface area (Å²) in [6.07, 6.45) is 6.07. The van der Waals surface area contributed by atoms with Crippen molar-refractivity contribution in [1.82, 2.24) is 0 Å². The van der Waals surface area contributed by atoms with Gasteiger partial charge < -0.3 is 43.0 Å². The monoisotopic (exact) mass is 844 g/mol. The number of ketones is 1. The predicted molar refractivity (Wildman–Crippen MR) is 172 cm³/mol. The van der Waals surface area contributed by atoms with Gasteiger partial charge in [0.15, 0.2) is 29.4 Å². The second-order valence-electron chi connectivity index (χ2n) is 13.0. The number of halogens is 2. The summed E-state index contributed by atoms with van der Waals surface area (Å²) in [5, 5.41) is 10.6. The van der Waals surface area contributed by atoms with Crippen LogP contribution in [0.1, 0.15) is 70.6 Å². The Labute approximate surface area is 285 Å². The van der Waals surface area contributed by atoms with Crippen LogP contribution < -0.4 is 0 Å². The van der Waals surface area contributed by atoms with Gasteiger partial charge in [-0.2, -0.15) is 0 Å². The number of hydrogen-bond acceptors (Lipinski definition) is 11. The number of aliphatic hydroxyl groups excluding tert-OH is 1. The quantitative estimate of drug-likeness (QED) is 0.136. The second kappa shape index (κ2) is 13.7. The van der Waals surface area contributed by atoms with Crippen LogP contribution in [0.3, 0.4) is 0 Å². The van der Waals surface area contributed by atoms with Gasteiger partial charge in [0, 0.05) is 48.0 Å². The lowest BCUT2D eigenvalue weighted by molar-refractivity contribution is -0.229. The molecule has 0 amide bonds. The lowest BCUT2D eigenvalue weighted by Gasteiger charge is -2.35. The Hall–Kier alpha value is -0.240. The van der Waals surface area contributed by atoms with Gasteiger partial charge in [0.25, 0.3) is 0 Å². The Kier molecular flexibility index (Phi) is 10.5. The van der Waals surface area contributed by atoms with Gasteiger partial charge in [-0.15, -0.1) is 0 Å². The maximum atomic E-state index is 12.5. The van der Waals surface area contributed by atoms with E-state index in [1.54, 1.807) is 22.6 Å². The highest BCUT2D eigenvalue weighted by atomic mass is 127. The SMILES string of the molecule is C=C(I)C(=O)OCC(=O)CC1COC2(CCCC2C2CCC3(C2)OCC(C(OC(O)C(=C)I)C2COC4(CCCC4)O2)O3)O1. The molecule has 0 aromatic carbocycles. The summed E-state index contributed by atoms with van der Waals surface area (Å²) in [7, 11) is 0. The summed E-state index contributed by atoms with van der Waals surface area (Å²) in [5.74, 6) is -2.44. The van der Waals surface area contributed by atoms with Crippen LogP contribution in [0.4, 0.5) is 0 Å². The van der Waals surface area contributed by atoms with Gasteiger partial charge in [-0.25, -0.2) is 4.79 Å². The molecule has 3 spiro atoms. The van der Waals surface area contributed by atoms with Crippen LogP contribution in [0.15, 0.2) is 20.3 Å².